The van der Waals surface area contributed by atoms with Gasteiger partial charge in [-0.2, -0.15) is 0 Å². The molecule has 3 aromatic rings. The van der Waals surface area contributed by atoms with E-state index in [1.54, 1.807) is 24.3 Å². The third-order valence-electron chi connectivity index (χ3n) is 5.39. The third kappa shape index (κ3) is 7.43. The van der Waals surface area contributed by atoms with E-state index >= 15 is 0 Å². The molecule has 0 saturated carbocycles. The molecule has 0 atom stereocenters. The summed E-state index contributed by atoms with van der Waals surface area (Å²) < 4.78 is 10.9. The second-order valence-electron chi connectivity index (χ2n) is 9.55. The maximum Gasteiger partial charge on any atom is 0.308 e. The first-order valence-electron chi connectivity index (χ1n) is 11.7. The summed E-state index contributed by atoms with van der Waals surface area (Å²) in [5.41, 5.74) is 3.72. The number of benzene rings is 3. The first-order chi connectivity index (χ1) is 17.0. The zero-order valence-electron chi connectivity index (χ0n) is 21.3. The minimum atomic E-state index is -0.460. The van der Waals surface area contributed by atoms with Gasteiger partial charge in [0.05, 0.1) is 0 Å². The molecule has 3 aromatic carbocycles. The van der Waals surface area contributed by atoms with E-state index < -0.39 is 5.97 Å². The van der Waals surface area contributed by atoms with E-state index in [0.717, 1.165) is 16.7 Å². The van der Waals surface area contributed by atoms with Crippen molar-refractivity contribution in [2.75, 3.05) is 11.9 Å². The van der Waals surface area contributed by atoms with Crippen LogP contribution in [0.1, 0.15) is 54.7 Å². The van der Waals surface area contributed by atoms with Crippen LogP contribution < -0.4 is 20.1 Å². The molecule has 0 aliphatic rings. The van der Waals surface area contributed by atoms with Gasteiger partial charge >= 0.3 is 5.97 Å². The Balaban J connectivity index is 1.62. The molecule has 0 aliphatic heterocycles. The number of esters is 1. The minimum absolute atomic E-state index is 0.125. The highest BCUT2D eigenvalue weighted by Crippen LogP contribution is 2.32. The molecule has 36 heavy (non-hydrogen) atoms. The predicted molar refractivity (Wildman–Crippen MR) is 139 cm³/mol. The predicted octanol–water partition coefficient (Wildman–Crippen LogP) is 5.17. The number of aryl methyl sites for hydroxylation is 1. The highest BCUT2D eigenvalue weighted by molar-refractivity contribution is 5.95. The van der Waals surface area contributed by atoms with Crippen LogP contribution in [0.25, 0.3) is 0 Å². The molecule has 2 amide bonds. The van der Waals surface area contributed by atoms with Crippen LogP contribution in [0.3, 0.4) is 0 Å². The fraction of sp³-hybridized carbons (Fsp3) is 0.276. The van der Waals surface area contributed by atoms with E-state index in [1.807, 2.05) is 37.3 Å². The zero-order chi connectivity index (χ0) is 26.3. The Morgan fingerprint density at radius 1 is 0.917 bits per heavy atom. The summed E-state index contributed by atoms with van der Waals surface area (Å²) in [6, 6.07) is 19.5. The number of hydrogen-bond donors (Lipinski definition) is 2. The molecule has 7 nitrogen and oxygen atoms in total. The number of para-hydroxylation sites is 1. The highest BCUT2D eigenvalue weighted by atomic mass is 16.5. The van der Waals surface area contributed by atoms with Gasteiger partial charge < -0.3 is 20.1 Å². The van der Waals surface area contributed by atoms with Crippen molar-refractivity contribution in [2.24, 2.45) is 0 Å². The summed E-state index contributed by atoms with van der Waals surface area (Å²) >= 11 is 0. The molecule has 0 saturated heterocycles. The lowest BCUT2D eigenvalue weighted by atomic mass is 9.85. The van der Waals surface area contributed by atoms with Crippen LogP contribution in [0.4, 0.5) is 5.69 Å². The highest BCUT2D eigenvalue weighted by Gasteiger charge is 2.20. The summed E-state index contributed by atoms with van der Waals surface area (Å²) in [6.45, 7) is 9.69. The van der Waals surface area contributed by atoms with Crippen molar-refractivity contribution in [3.63, 3.8) is 0 Å². The van der Waals surface area contributed by atoms with E-state index in [1.165, 1.54) is 13.0 Å². The summed E-state index contributed by atoms with van der Waals surface area (Å²) in [5, 5.41) is 5.71. The average molecular weight is 489 g/mol. The van der Waals surface area contributed by atoms with Crippen LogP contribution in [-0.4, -0.2) is 24.4 Å². The Hall–Kier alpha value is -4.13. The normalized spacial score (nSPS) is 10.9. The molecule has 0 radical (unpaired) electrons. The Bertz CT molecular complexity index is 1260. The van der Waals surface area contributed by atoms with Crippen LogP contribution in [0.15, 0.2) is 66.7 Å². The SMILES string of the molecule is CC(=O)Oc1cccc(C(=O)NCc2ccccc2NC(=O)COc2ccc(C)cc2C(C)(C)C)c1. The molecule has 3 rings (SSSR count). The lowest BCUT2D eigenvalue weighted by Crippen LogP contribution is -2.25. The van der Waals surface area contributed by atoms with Gasteiger partial charge in [0.2, 0.25) is 0 Å². The molecule has 0 bridgehead atoms. The third-order valence-corrected chi connectivity index (χ3v) is 5.39. The molecule has 0 fully saturated rings. The molecule has 0 unspecified atom stereocenters. The van der Waals surface area contributed by atoms with Gasteiger partial charge in [-0.3, -0.25) is 14.4 Å². The molecule has 188 valence electrons. The second kappa shape index (κ2) is 11.5. The first kappa shape index (κ1) is 26.5. The van der Waals surface area contributed by atoms with Crippen molar-refractivity contribution in [3.05, 3.63) is 89.0 Å². The number of carbonyl (C=O) groups excluding carboxylic acids is 3. The van der Waals surface area contributed by atoms with Crippen molar-refractivity contribution in [1.82, 2.24) is 5.32 Å². The number of anilines is 1. The average Bonchev–Trinajstić information content (AvgIpc) is 2.81. The van der Waals surface area contributed by atoms with Crippen molar-refractivity contribution in [2.45, 2.75) is 46.6 Å². The number of ether oxygens (including phenoxy) is 2. The lowest BCUT2D eigenvalue weighted by molar-refractivity contribution is -0.131. The van der Waals surface area contributed by atoms with Gasteiger partial charge in [-0.15, -0.1) is 0 Å². The first-order valence-corrected chi connectivity index (χ1v) is 11.7. The largest absolute Gasteiger partial charge is 0.483 e. The van der Waals surface area contributed by atoms with Crippen molar-refractivity contribution in [3.8, 4) is 11.5 Å². The molecule has 2 N–H and O–H groups in total. The Morgan fingerprint density at radius 3 is 2.39 bits per heavy atom. The Labute approximate surface area is 211 Å². The van der Waals surface area contributed by atoms with E-state index in [-0.39, 0.29) is 30.4 Å². The van der Waals surface area contributed by atoms with Crippen LogP contribution in [0, 0.1) is 6.92 Å². The molecule has 0 aromatic heterocycles. The standard InChI is InChI=1S/C29H32N2O5/c1-19-13-14-26(24(15-19)29(3,4)5)35-18-27(33)31-25-12-7-6-9-22(25)17-30-28(34)21-10-8-11-23(16-21)36-20(2)32/h6-16H,17-18H2,1-5H3,(H,30,34)(H,31,33). The van der Waals surface area contributed by atoms with Crippen LogP contribution in [0.5, 0.6) is 11.5 Å². The molecule has 0 heterocycles. The van der Waals surface area contributed by atoms with E-state index in [9.17, 15) is 14.4 Å². The fourth-order valence-corrected chi connectivity index (χ4v) is 3.63. The molecule has 0 spiro atoms. The Morgan fingerprint density at radius 2 is 1.67 bits per heavy atom. The van der Waals surface area contributed by atoms with E-state index in [4.69, 9.17) is 9.47 Å². The summed E-state index contributed by atoms with van der Waals surface area (Å²) in [6.07, 6.45) is 0. The van der Waals surface area contributed by atoms with Crippen molar-refractivity contribution >= 4 is 23.5 Å². The van der Waals surface area contributed by atoms with Crippen LogP contribution in [-0.2, 0) is 21.5 Å². The van der Waals surface area contributed by atoms with Crippen LogP contribution >= 0.6 is 0 Å². The fourth-order valence-electron chi connectivity index (χ4n) is 3.63. The monoisotopic (exact) mass is 488 g/mol. The van der Waals surface area contributed by atoms with Gasteiger partial charge in [0.1, 0.15) is 11.5 Å². The van der Waals surface area contributed by atoms with Gasteiger partial charge in [-0.1, -0.05) is 62.7 Å². The van der Waals surface area contributed by atoms with Gasteiger partial charge in [-0.05, 0) is 53.8 Å². The smallest absolute Gasteiger partial charge is 0.308 e. The maximum absolute atomic E-state index is 12.7. The van der Waals surface area contributed by atoms with E-state index in [2.05, 4.69) is 37.5 Å². The van der Waals surface area contributed by atoms with Crippen molar-refractivity contribution in [1.29, 1.82) is 0 Å². The number of rotatable bonds is 8. The molecular weight excluding hydrogens is 456 g/mol. The van der Waals surface area contributed by atoms with Gasteiger partial charge in [-0.25, -0.2) is 0 Å². The molecule has 7 heteroatoms. The zero-order valence-corrected chi connectivity index (χ0v) is 21.3. The quantitative estimate of drug-likeness (QED) is 0.337. The summed E-state index contributed by atoms with van der Waals surface area (Å²) in [4.78, 5) is 36.5. The van der Waals surface area contributed by atoms with Crippen LogP contribution in [0.2, 0.25) is 0 Å². The number of carbonyl (C=O) groups is 3. The molecular formula is C29H32N2O5. The van der Waals surface area contributed by atoms with E-state index in [0.29, 0.717) is 22.7 Å². The number of nitrogens with one attached hydrogen (secondary N) is 2. The van der Waals surface area contributed by atoms with Crippen molar-refractivity contribution < 1.29 is 23.9 Å². The number of hydrogen-bond acceptors (Lipinski definition) is 5. The molecule has 0 aliphatic carbocycles. The van der Waals surface area contributed by atoms with Gasteiger partial charge in [0, 0.05) is 24.7 Å². The summed E-state index contributed by atoms with van der Waals surface area (Å²) in [7, 11) is 0. The maximum atomic E-state index is 12.7. The lowest BCUT2D eigenvalue weighted by Gasteiger charge is -2.23. The Kier molecular flexibility index (Phi) is 8.48. The summed E-state index contributed by atoms with van der Waals surface area (Å²) in [5.74, 6) is -0.116. The van der Waals surface area contributed by atoms with Gasteiger partial charge in [0.25, 0.3) is 11.8 Å². The minimum Gasteiger partial charge on any atom is -0.483 e. The topological polar surface area (TPSA) is 93.7 Å². The number of amides is 2. The second-order valence-corrected chi connectivity index (χ2v) is 9.55. The van der Waals surface area contributed by atoms with Gasteiger partial charge in [0.15, 0.2) is 6.61 Å².